The van der Waals surface area contributed by atoms with Crippen molar-refractivity contribution in [3.05, 3.63) is 17.8 Å². The summed E-state index contributed by atoms with van der Waals surface area (Å²) in [4.78, 5) is 0. The summed E-state index contributed by atoms with van der Waals surface area (Å²) in [6.07, 6.45) is 2.95. The van der Waals surface area contributed by atoms with E-state index in [4.69, 9.17) is 4.42 Å². The first kappa shape index (κ1) is 6.33. The third-order valence-corrected chi connectivity index (χ3v) is 1.35. The molecule has 0 radical (unpaired) electrons. The van der Waals surface area contributed by atoms with Crippen molar-refractivity contribution in [1.82, 2.24) is 0 Å². The summed E-state index contributed by atoms with van der Waals surface area (Å²) in [5, 5.41) is 0. The van der Waals surface area contributed by atoms with E-state index in [2.05, 4.69) is 6.92 Å². The molecular formula is C7H12NO+. The van der Waals surface area contributed by atoms with Gasteiger partial charge >= 0.3 is 5.89 Å². The molecule has 0 aromatic carbocycles. The van der Waals surface area contributed by atoms with E-state index in [0.29, 0.717) is 0 Å². The molecule has 1 aromatic heterocycles. The molecule has 0 spiro atoms. The molecule has 1 rings (SSSR count). The van der Waals surface area contributed by atoms with Crippen LogP contribution in [-0.4, -0.2) is 0 Å². The molecule has 0 aliphatic carbocycles. The lowest BCUT2D eigenvalue weighted by atomic mass is 10.5. The van der Waals surface area contributed by atoms with E-state index in [9.17, 15) is 0 Å². The van der Waals surface area contributed by atoms with Gasteiger partial charge < -0.3 is 4.42 Å². The summed E-state index contributed by atoms with van der Waals surface area (Å²) in [5.41, 5.74) is 0. The van der Waals surface area contributed by atoms with E-state index in [0.717, 1.165) is 18.1 Å². The summed E-state index contributed by atoms with van der Waals surface area (Å²) in [6.45, 7) is 4.04. The number of hydrogen-bond acceptors (Lipinski definition) is 1. The lowest BCUT2D eigenvalue weighted by molar-refractivity contribution is -0.682. The molecular weight excluding hydrogens is 114 g/mol. The molecule has 2 nitrogen and oxygen atoms in total. The lowest BCUT2D eigenvalue weighted by Gasteiger charge is -1.80. The Morgan fingerprint density at radius 3 is 2.56 bits per heavy atom. The largest absolute Gasteiger partial charge is 0.407 e. The Kier molecular flexibility index (Phi) is 1.56. The first-order valence-corrected chi connectivity index (χ1v) is 3.19. The van der Waals surface area contributed by atoms with E-state index in [1.54, 1.807) is 0 Å². The molecule has 9 heavy (non-hydrogen) atoms. The highest BCUT2D eigenvalue weighted by atomic mass is 16.4. The molecule has 1 aromatic rings. The molecule has 1 heterocycles. The third-order valence-electron chi connectivity index (χ3n) is 1.35. The summed E-state index contributed by atoms with van der Waals surface area (Å²) in [6, 6.07) is 0. The van der Waals surface area contributed by atoms with Crippen molar-refractivity contribution in [2.75, 3.05) is 0 Å². The highest BCUT2D eigenvalue weighted by Crippen LogP contribution is 1.98. The molecule has 50 valence electrons. The van der Waals surface area contributed by atoms with Crippen LogP contribution in [0.1, 0.15) is 18.6 Å². The molecule has 0 fully saturated rings. The van der Waals surface area contributed by atoms with Crippen molar-refractivity contribution in [3.63, 3.8) is 0 Å². The van der Waals surface area contributed by atoms with E-state index in [1.165, 1.54) is 0 Å². The maximum Gasteiger partial charge on any atom is 0.346 e. The van der Waals surface area contributed by atoms with Crippen LogP contribution in [0.2, 0.25) is 0 Å². The van der Waals surface area contributed by atoms with Crippen molar-refractivity contribution >= 4 is 0 Å². The number of hydrogen-bond donors (Lipinski definition) is 0. The van der Waals surface area contributed by atoms with Gasteiger partial charge in [0.2, 0.25) is 6.20 Å². The standard InChI is InChI=1S/C7H12NO/c1-4-7-8(3)5-6(2)9-7/h5H,4H2,1-3H3/q+1. The van der Waals surface area contributed by atoms with Crippen LogP contribution >= 0.6 is 0 Å². The summed E-state index contributed by atoms with van der Waals surface area (Å²) < 4.78 is 7.34. The van der Waals surface area contributed by atoms with Crippen LogP contribution in [0, 0.1) is 6.92 Å². The Labute approximate surface area is 55.1 Å². The smallest absolute Gasteiger partial charge is 0.346 e. The molecule has 2 heteroatoms. The van der Waals surface area contributed by atoms with Crippen molar-refractivity contribution in [2.45, 2.75) is 20.3 Å². The van der Waals surface area contributed by atoms with Crippen molar-refractivity contribution in [2.24, 2.45) is 7.05 Å². The van der Waals surface area contributed by atoms with Crippen LogP contribution in [0.3, 0.4) is 0 Å². The third kappa shape index (κ3) is 1.12. The minimum atomic E-state index is 0.963. The average Bonchev–Trinajstić information content (AvgIpc) is 2.10. The van der Waals surface area contributed by atoms with Gasteiger partial charge in [0.05, 0.1) is 6.42 Å². The highest BCUT2D eigenvalue weighted by Gasteiger charge is 2.08. The van der Waals surface area contributed by atoms with Gasteiger partial charge in [0.25, 0.3) is 0 Å². The average molecular weight is 126 g/mol. The Bertz CT molecular complexity index is 203. The van der Waals surface area contributed by atoms with Gasteiger partial charge in [-0.25, -0.2) is 0 Å². The first-order chi connectivity index (χ1) is 4.24. The number of nitrogens with zero attached hydrogens (tertiary/aromatic N) is 1. The minimum Gasteiger partial charge on any atom is -0.407 e. The van der Waals surface area contributed by atoms with Crippen molar-refractivity contribution in [1.29, 1.82) is 0 Å². The van der Waals surface area contributed by atoms with Gasteiger partial charge in [-0.05, 0) is 0 Å². The molecule has 0 saturated heterocycles. The number of rotatable bonds is 1. The highest BCUT2D eigenvalue weighted by molar-refractivity contribution is 4.81. The second-order valence-electron chi connectivity index (χ2n) is 2.20. The maximum absolute atomic E-state index is 5.33. The Balaban J connectivity index is 3.01. The summed E-state index contributed by atoms with van der Waals surface area (Å²) >= 11 is 0. The topological polar surface area (TPSA) is 17.0 Å². The van der Waals surface area contributed by atoms with Crippen molar-refractivity contribution < 1.29 is 8.98 Å². The van der Waals surface area contributed by atoms with Crippen LogP contribution in [0.4, 0.5) is 0 Å². The van der Waals surface area contributed by atoms with Gasteiger partial charge in [0, 0.05) is 6.92 Å². The first-order valence-electron chi connectivity index (χ1n) is 3.19. The Morgan fingerprint density at radius 1 is 1.67 bits per heavy atom. The zero-order valence-corrected chi connectivity index (χ0v) is 6.14. The van der Waals surface area contributed by atoms with E-state index >= 15 is 0 Å². The number of aromatic nitrogens is 1. The maximum atomic E-state index is 5.33. The van der Waals surface area contributed by atoms with Gasteiger partial charge in [-0.3, -0.25) is 0 Å². The lowest BCUT2D eigenvalue weighted by Crippen LogP contribution is -2.29. The molecule has 0 atom stereocenters. The van der Waals surface area contributed by atoms with Crippen LogP contribution in [0.25, 0.3) is 0 Å². The fourth-order valence-corrected chi connectivity index (χ4v) is 0.950. The Morgan fingerprint density at radius 2 is 2.33 bits per heavy atom. The van der Waals surface area contributed by atoms with Crippen molar-refractivity contribution in [3.8, 4) is 0 Å². The number of aryl methyl sites for hydroxylation is 3. The van der Waals surface area contributed by atoms with E-state index in [1.807, 2.05) is 24.7 Å². The van der Waals surface area contributed by atoms with Gasteiger partial charge in [-0.15, -0.1) is 0 Å². The fraction of sp³-hybridized carbons (Fsp3) is 0.571. The molecule has 0 aliphatic heterocycles. The Hall–Kier alpha value is -0.790. The monoisotopic (exact) mass is 126 g/mol. The summed E-state index contributed by atoms with van der Waals surface area (Å²) in [7, 11) is 2.00. The SMILES string of the molecule is CCc1oc(C)c[n+]1C. The second-order valence-corrected chi connectivity index (χ2v) is 2.20. The molecule has 0 amide bonds. The van der Waals surface area contributed by atoms with Gasteiger partial charge in [0.15, 0.2) is 5.76 Å². The number of oxazole rings is 1. The zero-order valence-electron chi connectivity index (χ0n) is 6.14. The fourth-order valence-electron chi connectivity index (χ4n) is 0.950. The van der Waals surface area contributed by atoms with Crippen LogP contribution in [0.5, 0.6) is 0 Å². The molecule has 0 N–H and O–H groups in total. The van der Waals surface area contributed by atoms with Crippen LogP contribution < -0.4 is 4.57 Å². The summed E-state index contributed by atoms with van der Waals surface area (Å²) in [5.74, 6) is 2.02. The quantitative estimate of drug-likeness (QED) is 0.512. The van der Waals surface area contributed by atoms with Gasteiger partial charge in [-0.2, -0.15) is 4.57 Å². The molecule has 0 bridgehead atoms. The predicted molar refractivity (Wildman–Crippen MR) is 34.0 cm³/mol. The van der Waals surface area contributed by atoms with E-state index < -0.39 is 0 Å². The minimum absolute atomic E-state index is 0.963. The molecule has 0 saturated carbocycles. The second kappa shape index (κ2) is 2.21. The van der Waals surface area contributed by atoms with Crippen LogP contribution in [0.15, 0.2) is 10.6 Å². The van der Waals surface area contributed by atoms with Gasteiger partial charge in [-0.1, -0.05) is 6.92 Å². The van der Waals surface area contributed by atoms with Crippen LogP contribution in [-0.2, 0) is 13.5 Å². The van der Waals surface area contributed by atoms with Gasteiger partial charge in [0.1, 0.15) is 7.05 Å². The zero-order chi connectivity index (χ0) is 6.85. The predicted octanol–water partition coefficient (Wildman–Crippen LogP) is 0.975. The van der Waals surface area contributed by atoms with E-state index in [-0.39, 0.29) is 0 Å². The molecule has 0 unspecified atom stereocenters. The molecule has 0 aliphatic rings. The normalized spacial score (nSPS) is 10.1.